The lowest BCUT2D eigenvalue weighted by Gasteiger charge is -2.34. The third-order valence-electron chi connectivity index (χ3n) is 5.74. The van der Waals surface area contributed by atoms with Crippen molar-refractivity contribution >= 4 is 17.5 Å². The molecule has 2 amide bonds. The van der Waals surface area contributed by atoms with Gasteiger partial charge in [-0.2, -0.15) is 0 Å². The van der Waals surface area contributed by atoms with Crippen LogP contribution < -0.4 is 5.32 Å². The van der Waals surface area contributed by atoms with Crippen LogP contribution in [-0.4, -0.2) is 74.5 Å². The lowest BCUT2D eigenvalue weighted by molar-refractivity contribution is -0.132. The minimum absolute atomic E-state index is 0.0233. The predicted molar refractivity (Wildman–Crippen MR) is 120 cm³/mol. The molecule has 4 rings (SSSR count). The number of carbonyl (C=O) groups is 2. The van der Waals surface area contributed by atoms with Crippen molar-refractivity contribution in [1.29, 1.82) is 0 Å². The fourth-order valence-corrected chi connectivity index (χ4v) is 3.88. The zero-order valence-corrected chi connectivity index (χ0v) is 18.4. The smallest absolute Gasteiger partial charge is 0.238 e. The number of nitrogens with one attached hydrogen (secondary N) is 1. The number of aryl methyl sites for hydroxylation is 2. The Morgan fingerprint density at radius 1 is 0.969 bits per heavy atom. The van der Waals surface area contributed by atoms with Gasteiger partial charge in [-0.05, 0) is 53.1 Å². The van der Waals surface area contributed by atoms with E-state index in [2.05, 4.69) is 25.7 Å². The van der Waals surface area contributed by atoms with Gasteiger partial charge in [0, 0.05) is 31.9 Å². The van der Waals surface area contributed by atoms with Crippen LogP contribution in [0.3, 0.4) is 0 Å². The molecule has 0 saturated carbocycles. The Morgan fingerprint density at radius 2 is 1.66 bits per heavy atom. The first-order chi connectivity index (χ1) is 15.5. The summed E-state index contributed by atoms with van der Waals surface area (Å²) in [4.78, 5) is 29.2. The van der Waals surface area contributed by atoms with Crippen LogP contribution in [-0.2, 0) is 16.0 Å². The minimum Gasteiger partial charge on any atom is -0.340 e. The number of carbonyl (C=O) groups excluding carboxylic acids is 2. The van der Waals surface area contributed by atoms with Gasteiger partial charge in [0.05, 0.1) is 18.7 Å². The number of rotatable bonds is 6. The van der Waals surface area contributed by atoms with Crippen LogP contribution >= 0.6 is 0 Å². The van der Waals surface area contributed by atoms with Gasteiger partial charge in [0.1, 0.15) is 6.33 Å². The van der Waals surface area contributed by atoms with E-state index < -0.39 is 0 Å². The molecular formula is C23H27N7O2. The van der Waals surface area contributed by atoms with Gasteiger partial charge >= 0.3 is 0 Å². The monoisotopic (exact) mass is 433 g/mol. The van der Waals surface area contributed by atoms with Crippen molar-refractivity contribution in [3.05, 3.63) is 65.5 Å². The van der Waals surface area contributed by atoms with Crippen LogP contribution in [0.4, 0.5) is 5.69 Å². The van der Waals surface area contributed by atoms with Crippen LogP contribution in [0.2, 0.25) is 0 Å². The number of amides is 2. The van der Waals surface area contributed by atoms with Gasteiger partial charge in [-0.1, -0.05) is 30.3 Å². The molecule has 0 radical (unpaired) electrons. The van der Waals surface area contributed by atoms with Crippen molar-refractivity contribution < 1.29 is 9.59 Å². The number of aromatic nitrogens is 4. The van der Waals surface area contributed by atoms with Crippen LogP contribution in [0.25, 0.3) is 5.69 Å². The van der Waals surface area contributed by atoms with Crippen molar-refractivity contribution in [2.45, 2.75) is 20.3 Å². The zero-order valence-electron chi connectivity index (χ0n) is 18.4. The highest BCUT2D eigenvalue weighted by molar-refractivity contribution is 5.93. The summed E-state index contributed by atoms with van der Waals surface area (Å²) in [5, 5.41) is 14.1. The molecule has 9 heteroatoms. The maximum absolute atomic E-state index is 12.7. The lowest BCUT2D eigenvalue weighted by Crippen LogP contribution is -2.50. The molecule has 1 aromatic heterocycles. The summed E-state index contributed by atoms with van der Waals surface area (Å²) in [6.07, 6.45) is 1.88. The standard InChI is InChI=1S/C23H27N7O2/c1-17-4-3-5-18(2)23(17)25-21(31)15-28-10-12-29(13-11-28)22(32)14-19-6-8-20(9-7-19)30-16-24-26-27-30/h3-9,16H,10-15H2,1-2H3,(H,25,31). The second-order valence-electron chi connectivity index (χ2n) is 8.07. The number of para-hydroxylation sites is 1. The number of benzene rings is 2. The fourth-order valence-electron chi connectivity index (χ4n) is 3.88. The van der Waals surface area contributed by atoms with Crippen molar-refractivity contribution in [3.63, 3.8) is 0 Å². The highest BCUT2D eigenvalue weighted by Gasteiger charge is 2.23. The van der Waals surface area contributed by atoms with Crippen LogP contribution in [0.15, 0.2) is 48.8 Å². The van der Waals surface area contributed by atoms with E-state index in [0.29, 0.717) is 39.1 Å². The second-order valence-corrected chi connectivity index (χ2v) is 8.07. The number of anilines is 1. The van der Waals surface area contributed by atoms with Gasteiger partial charge in [0.2, 0.25) is 11.8 Å². The minimum atomic E-state index is -0.0233. The molecule has 0 atom stereocenters. The Kier molecular flexibility index (Phi) is 6.55. The van der Waals surface area contributed by atoms with E-state index in [0.717, 1.165) is 28.1 Å². The summed E-state index contributed by atoms with van der Waals surface area (Å²) in [5.41, 5.74) is 4.79. The third-order valence-corrected chi connectivity index (χ3v) is 5.74. The summed E-state index contributed by atoms with van der Waals surface area (Å²) < 4.78 is 1.57. The summed E-state index contributed by atoms with van der Waals surface area (Å²) >= 11 is 0. The van der Waals surface area contributed by atoms with Crippen LogP contribution in [0.5, 0.6) is 0 Å². The van der Waals surface area contributed by atoms with Gasteiger partial charge in [0.25, 0.3) is 0 Å². The largest absolute Gasteiger partial charge is 0.340 e. The van der Waals surface area contributed by atoms with E-state index in [9.17, 15) is 9.59 Å². The molecule has 0 spiro atoms. The van der Waals surface area contributed by atoms with E-state index in [1.165, 1.54) is 6.33 Å². The fraction of sp³-hybridized carbons (Fsp3) is 0.348. The van der Waals surface area contributed by atoms with E-state index in [-0.39, 0.29) is 11.8 Å². The highest BCUT2D eigenvalue weighted by Crippen LogP contribution is 2.19. The molecule has 1 N–H and O–H groups in total. The molecule has 0 aliphatic carbocycles. The molecule has 2 aromatic carbocycles. The summed E-state index contributed by atoms with van der Waals surface area (Å²) in [6, 6.07) is 13.6. The van der Waals surface area contributed by atoms with E-state index in [4.69, 9.17) is 0 Å². The molecule has 1 saturated heterocycles. The number of piperazine rings is 1. The third kappa shape index (κ3) is 5.17. The molecule has 1 aliphatic rings. The number of tetrazole rings is 1. The van der Waals surface area contributed by atoms with E-state index in [1.54, 1.807) is 4.68 Å². The zero-order chi connectivity index (χ0) is 22.5. The number of nitrogens with zero attached hydrogens (tertiary/aromatic N) is 6. The maximum Gasteiger partial charge on any atom is 0.238 e. The lowest BCUT2D eigenvalue weighted by atomic mass is 10.1. The first-order valence-corrected chi connectivity index (χ1v) is 10.7. The van der Waals surface area contributed by atoms with Gasteiger partial charge in [-0.3, -0.25) is 14.5 Å². The van der Waals surface area contributed by atoms with Crippen molar-refractivity contribution in [2.75, 3.05) is 38.0 Å². The van der Waals surface area contributed by atoms with Crippen LogP contribution in [0, 0.1) is 13.8 Å². The van der Waals surface area contributed by atoms with Gasteiger partial charge in [0.15, 0.2) is 0 Å². The number of hydrogen-bond donors (Lipinski definition) is 1. The van der Waals surface area contributed by atoms with Crippen LogP contribution in [0.1, 0.15) is 16.7 Å². The van der Waals surface area contributed by atoms with E-state index >= 15 is 0 Å². The van der Waals surface area contributed by atoms with Crippen molar-refractivity contribution in [3.8, 4) is 5.69 Å². The molecule has 1 fully saturated rings. The topological polar surface area (TPSA) is 96.2 Å². The quantitative estimate of drug-likeness (QED) is 0.634. The molecule has 166 valence electrons. The molecule has 32 heavy (non-hydrogen) atoms. The van der Waals surface area contributed by atoms with Crippen molar-refractivity contribution in [1.82, 2.24) is 30.0 Å². The Morgan fingerprint density at radius 3 is 2.28 bits per heavy atom. The highest BCUT2D eigenvalue weighted by atomic mass is 16.2. The molecule has 9 nitrogen and oxygen atoms in total. The summed E-state index contributed by atoms with van der Waals surface area (Å²) in [7, 11) is 0. The molecule has 3 aromatic rings. The average molecular weight is 434 g/mol. The average Bonchev–Trinajstić information content (AvgIpc) is 3.32. The van der Waals surface area contributed by atoms with Gasteiger partial charge in [-0.25, -0.2) is 4.68 Å². The molecule has 0 unspecified atom stereocenters. The normalized spacial score (nSPS) is 14.4. The maximum atomic E-state index is 12.7. The first kappa shape index (κ1) is 21.6. The summed E-state index contributed by atoms with van der Waals surface area (Å²) in [5.74, 6) is 0.0738. The molecular weight excluding hydrogens is 406 g/mol. The summed E-state index contributed by atoms with van der Waals surface area (Å²) in [6.45, 7) is 6.93. The number of hydrogen-bond acceptors (Lipinski definition) is 6. The molecule has 0 bridgehead atoms. The SMILES string of the molecule is Cc1cccc(C)c1NC(=O)CN1CCN(C(=O)Cc2ccc(-n3cnnn3)cc2)CC1. The van der Waals surface area contributed by atoms with E-state index in [1.807, 2.05) is 61.2 Å². The molecule has 2 heterocycles. The Hall–Kier alpha value is -3.59. The Balaban J connectivity index is 1.24. The predicted octanol–water partition coefficient (Wildman–Crippen LogP) is 1.60. The van der Waals surface area contributed by atoms with Crippen molar-refractivity contribution in [2.24, 2.45) is 0 Å². The van der Waals surface area contributed by atoms with Gasteiger partial charge < -0.3 is 10.2 Å². The Labute approximate surface area is 187 Å². The molecule has 1 aliphatic heterocycles. The van der Waals surface area contributed by atoms with Gasteiger partial charge in [-0.15, -0.1) is 5.10 Å². The second kappa shape index (κ2) is 9.69. The first-order valence-electron chi connectivity index (χ1n) is 10.7. The Bertz CT molecular complexity index is 1050.